The number of hydrogen-bond acceptors (Lipinski definition) is 4. The first-order chi connectivity index (χ1) is 7.74. The molecule has 6 heteroatoms. The van der Waals surface area contributed by atoms with Crippen molar-refractivity contribution in [1.82, 2.24) is 16.0 Å². The second kappa shape index (κ2) is 6.97. The van der Waals surface area contributed by atoms with Gasteiger partial charge in [0, 0.05) is 13.1 Å². The second-order valence-electron chi connectivity index (χ2n) is 3.11. The molecule has 88 valence electrons. The van der Waals surface area contributed by atoms with Crippen molar-refractivity contribution in [2.24, 2.45) is 0 Å². The van der Waals surface area contributed by atoms with Gasteiger partial charge in [0.05, 0.1) is 11.4 Å². The van der Waals surface area contributed by atoms with Gasteiger partial charge in [-0.15, -0.1) is 11.3 Å². The summed E-state index contributed by atoms with van der Waals surface area (Å²) in [5, 5.41) is 9.98. The van der Waals surface area contributed by atoms with E-state index in [0.29, 0.717) is 24.5 Å². The highest BCUT2D eigenvalue weighted by molar-refractivity contribution is 7.12. The molecule has 2 amide bonds. The zero-order valence-electron chi connectivity index (χ0n) is 9.08. The molecule has 3 N–H and O–H groups in total. The van der Waals surface area contributed by atoms with Gasteiger partial charge in [0.25, 0.3) is 5.91 Å². The Balaban J connectivity index is 2.12. The standard InChI is InChI=1S/C10H15N3O2S/c1-11-7-9(14)12-4-5-13-10(15)8-3-2-6-16-8/h2-3,6,11H,4-5,7H2,1H3,(H,12,14)(H,13,15). The summed E-state index contributed by atoms with van der Waals surface area (Å²) in [5.74, 6) is -0.175. The van der Waals surface area contributed by atoms with Gasteiger partial charge in [0.15, 0.2) is 0 Å². The van der Waals surface area contributed by atoms with E-state index in [2.05, 4.69) is 16.0 Å². The van der Waals surface area contributed by atoms with Crippen molar-refractivity contribution in [2.45, 2.75) is 0 Å². The molecule has 1 aromatic rings. The molecule has 1 rings (SSSR count). The molecule has 0 aromatic carbocycles. The molecule has 1 heterocycles. The molecule has 0 unspecified atom stereocenters. The van der Waals surface area contributed by atoms with E-state index < -0.39 is 0 Å². The van der Waals surface area contributed by atoms with Crippen LogP contribution in [-0.2, 0) is 4.79 Å². The fourth-order valence-electron chi connectivity index (χ4n) is 1.10. The lowest BCUT2D eigenvalue weighted by atomic mass is 10.4. The molecule has 1 aromatic heterocycles. The molecule has 0 radical (unpaired) electrons. The first kappa shape index (κ1) is 12.7. The van der Waals surface area contributed by atoms with Gasteiger partial charge in [0.1, 0.15) is 0 Å². The van der Waals surface area contributed by atoms with E-state index in [9.17, 15) is 9.59 Å². The van der Waals surface area contributed by atoms with Gasteiger partial charge in [-0.3, -0.25) is 9.59 Å². The highest BCUT2D eigenvalue weighted by Gasteiger charge is 2.04. The molecule has 0 atom stereocenters. The van der Waals surface area contributed by atoms with Crippen LogP contribution in [0.4, 0.5) is 0 Å². The van der Waals surface area contributed by atoms with E-state index in [1.165, 1.54) is 11.3 Å². The number of thiophene rings is 1. The summed E-state index contributed by atoms with van der Waals surface area (Å²) < 4.78 is 0. The monoisotopic (exact) mass is 241 g/mol. The average molecular weight is 241 g/mol. The molecule has 0 aliphatic rings. The van der Waals surface area contributed by atoms with E-state index in [1.54, 1.807) is 13.1 Å². The van der Waals surface area contributed by atoms with E-state index in [0.717, 1.165) is 0 Å². The van der Waals surface area contributed by atoms with Crippen molar-refractivity contribution < 1.29 is 9.59 Å². The Labute approximate surface area is 98.2 Å². The van der Waals surface area contributed by atoms with E-state index >= 15 is 0 Å². The van der Waals surface area contributed by atoms with Crippen molar-refractivity contribution in [1.29, 1.82) is 0 Å². The molecule has 0 saturated heterocycles. The first-order valence-corrected chi connectivity index (χ1v) is 5.85. The van der Waals surface area contributed by atoms with Crippen LogP contribution < -0.4 is 16.0 Å². The van der Waals surface area contributed by atoms with Crippen LogP contribution >= 0.6 is 11.3 Å². The molecule has 0 spiro atoms. The first-order valence-electron chi connectivity index (χ1n) is 4.97. The zero-order chi connectivity index (χ0) is 11.8. The summed E-state index contributed by atoms with van der Waals surface area (Å²) in [4.78, 5) is 23.2. The molecule has 0 saturated carbocycles. The van der Waals surface area contributed by atoms with Crippen molar-refractivity contribution in [3.05, 3.63) is 22.4 Å². The molecule has 0 fully saturated rings. The average Bonchev–Trinajstić information content (AvgIpc) is 2.78. The van der Waals surface area contributed by atoms with Crippen LogP contribution in [0.1, 0.15) is 9.67 Å². The topological polar surface area (TPSA) is 70.2 Å². The van der Waals surface area contributed by atoms with Crippen LogP contribution in [0.25, 0.3) is 0 Å². The lowest BCUT2D eigenvalue weighted by molar-refractivity contribution is -0.120. The number of likely N-dealkylation sites (N-methyl/N-ethyl adjacent to an activating group) is 1. The van der Waals surface area contributed by atoms with Gasteiger partial charge in [-0.1, -0.05) is 6.07 Å². The fourth-order valence-corrected chi connectivity index (χ4v) is 1.74. The third kappa shape index (κ3) is 4.41. The maximum atomic E-state index is 11.5. The number of carbonyl (C=O) groups is 2. The predicted octanol–water partition coefficient (Wildman–Crippen LogP) is -0.187. The van der Waals surface area contributed by atoms with Crippen LogP contribution in [0.3, 0.4) is 0 Å². The Kier molecular flexibility index (Phi) is 5.52. The number of amides is 2. The SMILES string of the molecule is CNCC(=O)NCCNC(=O)c1cccs1. The van der Waals surface area contributed by atoms with E-state index in [1.807, 2.05) is 11.4 Å². The molecular weight excluding hydrogens is 226 g/mol. The third-order valence-electron chi connectivity index (χ3n) is 1.82. The third-order valence-corrected chi connectivity index (χ3v) is 2.68. The number of carbonyl (C=O) groups excluding carboxylic acids is 2. The maximum absolute atomic E-state index is 11.5. The largest absolute Gasteiger partial charge is 0.353 e. The molecular formula is C10H15N3O2S. The van der Waals surface area contributed by atoms with Crippen LogP contribution in [0.15, 0.2) is 17.5 Å². The number of nitrogens with one attached hydrogen (secondary N) is 3. The van der Waals surface area contributed by atoms with Crippen LogP contribution in [0.2, 0.25) is 0 Å². The number of hydrogen-bond donors (Lipinski definition) is 3. The zero-order valence-corrected chi connectivity index (χ0v) is 9.89. The van der Waals surface area contributed by atoms with Crippen molar-refractivity contribution in [3.8, 4) is 0 Å². The number of rotatable bonds is 6. The molecule has 0 bridgehead atoms. The van der Waals surface area contributed by atoms with Crippen molar-refractivity contribution in [3.63, 3.8) is 0 Å². The normalized spacial score (nSPS) is 9.81. The predicted molar refractivity (Wildman–Crippen MR) is 63.6 cm³/mol. The Hall–Kier alpha value is -1.40. The van der Waals surface area contributed by atoms with E-state index in [4.69, 9.17) is 0 Å². The summed E-state index contributed by atoms with van der Waals surface area (Å²) in [6, 6.07) is 3.59. The van der Waals surface area contributed by atoms with E-state index in [-0.39, 0.29) is 11.8 Å². The molecule has 0 aliphatic heterocycles. The second-order valence-corrected chi connectivity index (χ2v) is 4.06. The van der Waals surface area contributed by atoms with Gasteiger partial charge in [-0.25, -0.2) is 0 Å². The summed E-state index contributed by atoms with van der Waals surface area (Å²) in [6.45, 7) is 1.17. The smallest absolute Gasteiger partial charge is 0.261 e. The Morgan fingerprint density at radius 3 is 2.69 bits per heavy atom. The van der Waals surface area contributed by atoms with Gasteiger partial charge in [-0.05, 0) is 18.5 Å². The summed E-state index contributed by atoms with van der Waals surface area (Å²) in [6.07, 6.45) is 0. The van der Waals surface area contributed by atoms with Crippen LogP contribution in [-0.4, -0.2) is 38.5 Å². The lowest BCUT2D eigenvalue weighted by Crippen LogP contribution is -2.38. The summed E-state index contributed by atoms with van der Waals surface area (Å²) in [5.41, 5.74) is 0. The Morgan fingerprint density at radius 2 is 2.06 bits per heavy atom. The van der Waals surface area contributed by atoms with Crippen molar-refractivity contribution >= 4 is 23.2 Å². The van der Waals surface area contributed by atoms with Crippen molar-refractivity contribution in [2.75, 3.05) is 26.7 Å². The quantitative estimate of drug-likeness (QED) is 0.605. The minimum absolute atomic E-state index is 0.0760. The Morgan fingerprint density at radius 1 is 1.31 bits per heavy atom. The highest BCUT2D eigenvalue weighted by Crippen LogP contribution is 2.07. The maximum Gasteiger partial charge on any atom is 0.261 e. The van der Waals surface area contributed by atoms with Gasteiger partial charge in [-0.2, -0.15) is 0 Å². The minimum Gasteiger partial charge on any atom is -0.353 e. The fraction of sp³-hybridized carbons (Fsp3) is 0.400. The lowest BCUT2D eigenvalue weighted by Gasteiger charge is -2.05. The van der Waals surface area contributed by atoms with Gasteiger partial charge in [0.2, 0.25) is 5.91 Å². The van der Waals surface area contributed by atoms with Crippen LogP contribution in [0.5, 0.6) is 0 Å². The molecule has 0 aliphatic carbocycles. The van der Waals surface area contributed by atoms with Gasteiger partial charge < -0.3 is 16.0 Å². The summed E-state index contributed by atoms with van der Waals surface area (Å²) >= 11 is 1.39. The van der Waals surface area contributed by atoms with Crippen LogP contribution in [0, 0.1) is 0 Å². The molecule has 5 nitrogen and oxygen atoms in total. The Bertz CT molecular complexity index is 338. The molecule has 16 heavy (non-hydrogen) atoms. The minimum atomic E-state index is -0.0992. The summed E-state index contributed by atoms with van der Waals surface area (Å²) in [7, 11) is 1.71. The van der Waals surface area contributed by atoms with Gasteiger partial charge >= 0.3 is 0 Å². The highest BCUT2D eigenvalue weighted by atomic mass is 32.1.